The number of ether oxygens (including phenoxy) is 2. The predicted molar refractivity (Wildman–Crippen MR) is 119 cm³/mol. The molecule has 4 heteroatoms. The molecule has 0 radical (unpaired) electrons. The Morgan fingerprint density at radius 2 is 1.21 bits per heavy atom. The van der Waals surface area contributed by atoms with Gasteiger partial charge in [0.25, 0.3) is 0 Å². The first kappa shape index (κ1) is 23.6. The Kier molecular flexibility index (Phi) is 9.31. The molecule has 0 aliphatic heterocycles. The minimum absolute atomic E-state index is 0.0161. The normalized spacial score (nSPS) is 12.5. The molecule has 0 spiro atoms. The Labute approximate surface area is 176 Å². The first-order valence-electron chi connectivity index (χ1n) is 10.5. The van der Waals surface area contributed by atoms with E-state index in [0.29, 0.717) is 13.2 Å². The zero-order valence-electron chi connectivity index (χ0n) is 18.4. The van der Waals surface area contributed by atoms with E-state index in [1.54, 1.807) is 0 Å². The quantitative estimate of drug-likeness (QED) is 0.532. The number of benzene rings is 2. The molecule has 2 aromatic rings. The van der Waals surface area contributed by atoms with Crippen LogP contribution >= 0.6 is 0 Å². The lowest BCUT2D eigenvalue weighted by molar-refractivity contribution is -0.0899. The van der Waals surface area contributed by atoms with Gasteiger partial charge in [-0.05, 0) is 45.2 Å². The summed E-state index contributed by atoms with van der Waals surface area (Å²) >= 11 is 0. The highest BCUT2D eigenvalue weighted by molar-refractivity contribution is 5.17. The van der Waals surface area contributed by atoms with Crippen molar-refractivity contribution in [3.63, 3.8) is 0 Å². The average Bonchev–Trinajstić information content (AvgIpc) is 2.69. The molecule has 0 fully saturated rings. The fourth-order valence-electron chi connectivity index (χ4n) is 3.04. The zero-order valence-corrected chi connectivity index (χ0v) is 18.4. The van der Waals surface area contributed by atoms with Crippen LogP contribution in [0.2, 0.25) is 0 Å². The first-order chi connectivity index (χ1) is 13.8. The molecule has 0 heterocycles. The molecule has 0 aromatic heterocycles. The van der Waals surface area contributed by atoms with Crippen molar-refractivity contribution in [1.82, 2.24) is 4.90 Å². The second kappa shape index (κ2) is 11.5. The van der Waals surface area contributed by atoms with Crippen LogP contribution in [0.1, 0.15) is 45.2 Å². The van der Waals surface area contributed by atoms with E-state index in [0.717, 1.165) is 26.1 Å². The number of aliphatic hydroxyl groups is 1. The van der Waals surface area contributed by atoms with Crippen molar-refractivity contribution in [3.05, 3.63) is 71.8 Å². The van der Waals surface area contributed by atoms with E-state index < -0.39 is 5.60 Å². The Bertz CT molecular complexity index is 644. The van der Waals surface area contributed by atoms with E-state index in [2.05, 4.69) is 79.4 Å². The van der Waals surface area contributed by atoms with Gasteiger partial charge in [0.15, 0.2) is 0 Å². The van der Waals surface area contributed by atoms with Crippen LogP contribution in [0.3, 0.4) is 0 Å². The molecule has 0 saturated carbocycles. The molecule has 29 heavy (non-hydrogen) atoms. The summed E-state index contributed by atoms with van der Waals surface area (Å²) in [5.74, 6) is 0. The van der Waals surface area contributed by atoms with E-state index in [4.69, 9.17) is 9.47 Å². The fraction of sp³-hybridized carbons (Fsp3) is 0.520. The van der Waals surface area contributed by atoms with Gasteiger partial charge in [-0.2, -0.15) is 0 Å². The van der Waals surface area contributed by atoms with Gasteiger partial charge in [-0.15, -0.1) is 0 Å². The summed E-state index contributed by atoms with van der Waals surface area (Å²) < 4.78 is 12.0. The van der Waals surface area contributed by atoms with Crippen LogP contribution in [0.25, 0.3) is 0 Å². The van der Waals surface area contributed by atoms with Crippen LogP contribution in [0.15, 0.2) is 60.7 Å². The third-order valence-electron chi connectivity index (χ3n) is 4.98. The molecule has 0 bridgehead atoms. The zero-order chi connectivity index (χ0) is 21.2. The topological polar surface area (TPSA) is 41.9 Å². The summed E-state index contributed by atoms with van der Waals surface area (Å²) in [5, 5.41) is 9.31. The third-order valence-corrected chi connectivity index (χ3v) is 4.98. The van der Waals surface area contributed by atoms with Gasteiger partial charge in [-0.25, -0.2) is 0 Å². The van der Waals surface area contributed by atoms with Crippen LogP contribution < -0.4 is 0 Å². The molecule has 2 aromatic carbocycles. The SMILES string of the molecule is CC(C)(CO)OCCC(C)(C)OCCN(Cc1ccccc1)Cc1ccccc1. The smallest absolute Gasteiger partial charge is 0.0856 e. The van der Waals surface area contributed by atoms with Crippen molar-refractivity contribution < 1.29 is 14.6 Å². The standard InChI is InChI=1S/C25H37NO3/c1-24(2,15-17-28-25(3,4)21-27)29-18-16-26(19-22-11-7-5-8-12-22)20-23-13-9-6-10-14-23/h5-14,27H,15-21H2,1-4H3. The number of hydrogen-bond acceptors (Lipinski definition) is 4. The van der Waals surface area contributed by atoms with Gasteiger partial charge in [0.1, 0.15) is 0 Å². The summed E-state index contributed by atoms with van der Waals surface area (Å²) in [6.07, 6.45) is 0.786. The van der Waals surface area contributed by atoms with Crippen LogP contribution in [0.5, 0.6) is 0 Å². The first-order valence-corrected chi connectivity index (χ1v) is 10.5. The van der Waals surface area contributed by atoms with Crippen molar-refractivity contribution in [2.45, 2.75) is 58.4 Å². The van der Waals surface area contributed by atoms with Gasteiger partial charge in [-0.3, -0.25) is 4.90 Å². The molecule has 4 nitrogen and oxygen atoms in total. The lowest BCUT2D eigenvalue weighted by Crippen LogP contribution is -2.35. The van der Waals surface area contributed by atoms with Crippen molar-refractivity contribution in [1.29, 1.82) is 0 Å². The number of rotatable bonds is 13. The van der Waals surface area contributed by atoms with Crippen LogP contribution in [-0.2, 0) is 22.6 Å². The Morgan fingerprint density at radius 1 is 0.724 bits per heavy atom. The number of hydrogen-bond donors (Lipinski definition) is 1. The maximum atomic E-state index is 9.31. The van der Waals surface area contributed by atoms with Crippen molar-refractivity contribution in [2.24, 2.45) is 0 Å². The maximum Gasteiger partial charge on any atom is 0.0856 e. The van der Waals surface area contributed by atoms with Crippen LogP contribution in [0.4, 0.5) is 0 Å². The van der Waals surface area contributed by atoms with E-state index in [1.807, 2.05) is 13.8 Å². The highest BCUT2D eigenvalue weighted by Crippen LogP contribution is 2.18. The average molecular weight is 400 g/mol. The summed E-state index contributed by atoms with van der Waals surface area (Å²) in [6.45, 7) is 11.9. The van der Waals surface area contributed by atoms with Gasteiger partial charge in [-0.1, -0.05) is 60.7 Å². The highest BCUT2D eigenvalue weighted by atomic mass is 16.5. The van der Waals surface area contributed by atoms with Gasteiger partial charge in [0.05, 0.1) is 31.0 Å². The Morgan fingerprint density at radius 3 is 1.69 bits per heavy atom. The predicted octanol–water partition coefficient (Wildman–Crippen LogP) is 4.66. The van der Waals surface area contributed by atoms with E-state index in [9.17, 15) is 5.11 Å². The number of nitrogens with zero attached hydrogens (tertiary/aromatic N) is 1. The monoisotopic (exact) mass is 399 g/mol. The van der Waals surface area contributed by atoms with Gasteiger partial charge < -0.3 is 14.6 Å². The molecule has 0 aliphatic carbocycles. The van der Waals surface area contributed by atoms with Crippen molar-refractivity contribution >= 4 is 0 Å². The van der Waals surface area contributed by atoms with Gasteiger partial charge in [0, 0.05) is 19.6 Å². The molecule has 2 rings (SSSR count). The largest absolute Gasteiger partial charge is 0.393 e. The molecule has 1 N–H and O–H groups in total. The van der Waals surface area contributed by atoms with Crippen LogP contribution in [-0.4, -0.2) is 47.6 Å². The Hall–Kier alpha value is -1.72. The van der Waals surface area contributed by atoms with E-state index >= 15 is 0 Å². The molecular formula is C25H37NO3. The van der Waals surface area contributed by atoms with E-state index in [-0.39, 0.29) is 12.2 Å². The summed E-state index contributed by atoms with van der Waals surface area (Å²) in [7, 11) is 0. The lowest BCUT2D eigenvalue weighted by Gasteiger charge is -2.30. The minimum Gasteiger partial charge on any atom is -0.393 e. The molecule has 0 aliphatic rings. The van der Waals surface area contributed by atoms with Crippen molar-refractivity contribution in [2.75, 3.05) is 26.4 Å². The number of aliphatic hydroxyl groups excluding tert-OH is 1. The van der Waals surface area contributed by atoms with Crippen molar-refractivity contribution in [3.8, 4) is 0 Å². The molecule has 0 saturated heterocycles. The van der Waals surface area contributed by atoms with Gasteiger partial charge >= 0.3 is 0 Å². The highest BCUT2D eigenvalue weighted by Gasteiger charge is 2.22. The second-order valence-corrected chi connectivity index (χ2v) is 8.81. The molecular weight excluding hydrogens is 362 g/mol. The van der Waals surface area contributed by atoms with E-state index in [1.165, 1.54) is 11.1 Å². The minimum atomic E-state index is -0.502. The molecule has 0 amide bonds. The second-order valence-electron chi connectivity index (χ2n) is 8.81. The van der Waals surface area contributed by atoms with Gasteiger partial charge in [0.2, 0.25) is 0 Å². The molecule has 160 valence electrons. The maximum absolute atomic E-state index is 9.31. The fourth-order valence-corrected chi connectivity index (χ4v) is 3.04. The molecule has 0 atom stereocenters. The Balaban J connectivity index is 1.86. The van der Waals surface area contributed by atoms with Crippen LogP contribution in [0, 0.1) is 0 Å². The third kappa shape index (κ3) is 9.55. The summed E-state index contributed by atoms with van der Waals surface area (Å²) in [6, 6.07) is 21.1. The molecule has 0 unspecified atom stereocenters. The summed E-state index contributed by atoms with van der Waals surface area (Å²) in [5.41, 5.74) is 1.85. The summed E-state index contributed by atoms with van der Waals surface area (Å²) in [4.78, 5) is 2.42. The lowest BCUT2D eigenvalue weighted by atomic mass is 10.1.